The van der Waals surface area contributed by atoms with Crippen LogP contribution in [0.15, 0.2) is 18.2 Å². The van der Waals surface area contributed by atoms with Gasteiger partial charge in [0.15, 0.2) is 5.13 Å². The lowest BCUT2D eigenvalue weighted by molar-refractivity contribution is 0.0532. The Bertz CT molecular complexity index is 654. The molecule has 1 aromatic heterocycles. The predicted molar refractivity (Wildman–Crippen MR) is 81.0 cm³/mol. The number of benzene rings is 1. The average molecular weight is 308 g/mol. The van der Waals surface area contributed by atoms with Gasteiger partial charge in [0.2, 0.25) is 0 Å². The standard InChI is InChI=1S/C14H16N2O4S/c1-4-20-13(17)12-11(16-14(15)21-12)9-7-8(18-2)5-6-10(9)19-3/h5-7H,4H2,1-3H3,(H2,15,16). The number of nitrogen functional groups attached to an aromatic ring is 1. The molecular formula is C14H16N2O4S. The first-order valence-corrected chi connectivity index (χ1v) is 7.08. The Kier molecular flexibility index (Phi) is 4.64. The van der Waals surface area contributed by atoms with Crippen molar-refractivity contribution in [2.24, 2.45) is 0 Å². The summed E-state index contributed by atoms with van der Waals surface area (Å²) < 4.78 is 15.6. The fraction of sp³-hybridized carbons (Fsp3) is 0.286. The maximum absolute atomic E-state index is 12.0. The van der Waals surface area contributed by atoms with Crippen molar-refractivity contribution in [3.8, 4) is 22.8 Å². The number of hydrogen-bond donors (Lipinski definition) is 1. The number of thiazole rings is 1. The van der Waals surface area contributed by atoms with E-state index in [0.717, 1.165) is 11.3 Å². The number of hydrogen-bond acceptors (Lipinski definition) is 7. The van der Waals surface area contributed by atoms with E-state index in [1.54, 1.807) is 39.3 Å². The number of methoxy groups -OCH3 is 2. The van der Waals surface area contributed by atoms with Crippen LogP contribution in [0.3, 0.4) is 0 Å². The number of ether oxygens (including phenoxy) is 3. The van der Waals surface area contributed by atoms with Crippen LogP contribution >= 0.6 is 11.3 Å². The van der Waals surface area contributed by atoms with Gasteiger partial charge in [-0.25, -0.2) is 9.78 Å². The molecule has 0 amide bonds. The molecule has 0 unspecified atom stereocenters. The monoisotopic (exact) mass is 308 g/mol. The number of carbonyl (C=O) groups excluding carboxylic acids is 1. The molecule has 1 aromatic carbocycles. The van der Waals surface area contributed by atoms with E-state index in [1.165, 1.54) is 0 Å². The molecule has 0 saturated heterocycles. The summed E-state index contributed by atoms with van der Waals surface area (Å²) in [6.45, 7) is 2.03. The molecule has 0 fully saturated rings. The molecule has 6 nitrogen and oxygen atoms in total. The smallest absolute Gasteiger partial charge is 0.350 e. The number of carbonyl (C=O) groups is 1. The van der Waals surface area contributed by atoms with Gasteiger partial charge in [0.05, 0.1) is 20.8 Å². The molecule has 0 atom stereocenters. The van der Waals surface area contributed by atoms with Crippen molar-refractivity contribution >= 4 is 22.4 Å². The summed E-state index contributed by atoms with van der Waals surface area (Å²) in [5.74, 6) is 0.755. The fourth-order valence-corrected chi connectivity index (χ4v) is 2.59. The fourth-order valence-electron chi connectivity index (χ4n) is 1.85. The van der Waals surface area contributed by atoms with Gasteiger partial charge in [0.1, 0.15) is 22.1 Å². The van der Waals surface area contributed by atoms with E-state index < -0.39 is 5.97 Å². The largest absolute Gasteiger partial charge is 0.497 e. The first-order chi connectivity index (χ1) is 10.1. The maximum Gasteiger partial charge on any atom is 0.350 e. The maximum atomic E-state index is 12.0. The third-order valence-electron chi connectivity index (χ3n) is 2.77. The van der Waals surface area contributed by atoms with Gasteiger partial charge in [0.25, 0.3) is 0 Å². The molecule has 112 valence electrons. The first-order valence-electron chi connectivity index (χ1n) is 6.26. The van der Waals surface area contributed by atoms with Gasteiger partial charge >= 0.3 is 5.97 Å². The molecule has 0 aliphatic rings. The Morgan fingerprint density at radius 1 is 1.33 bits per heavy atom. The zero-order valence-electron chi connectivity index (χ0n) is 12.0. The lowest BCUT2D eigenvalue weighted by Crippen LogP contribution is -2.04. The van der Waals surface area contributed by atoms with E-state index in [-0.39, 0.29) is 11.7 Å². The SMILES string of the molecule is CCOC(=O)c1sc(N)nc1-c1cc(OC)ccc1OC. The minimum Gasteiger partial charge on any atom is -0.497 e. The number of nitrogens with zero attached hydrogens (tertiary/aromatic N) is 1. The van der Waals surface area contributed by atoms with E-state index >= 15 is 0 Å². The quantitative estimate of drug-likeness (QED) is 0.855. The van der Waals surface area contributed by atoms with Crippen molar-refractivity contribution < 1.29 is 19.0 Å². The Morgan fingerprint density at radius 3 is 2.71 bits per heavy atom. The van der Waals surface area contributed by atoms with Crippen LogP contribution in [-0.4, -0.2) is 31.8 Å². The van der Waals surface area contributed by atoms with Gasteiger partial charge in [-0.1, -0.05) is 11.3 Å². The highest BCUT2D eigenvalue weighted by Crippen LogP contribution is 2.38. The molecule has 1 heterocycles. The summed E-state index contributed by atoms with van der Waals surface area (Å²) in [5.41, 5.74) is 6.81. The van der Waals surface area contributed by atoms with Crippen molar-refractivity contribution in [1.29, 1.82) is 0 Å². The number of aromatic nitrogens is 1. The summed E-state index contributed by atoms with van der Waals surface area (Å²) in [6.07, 6.45) is 0. The number of esters is 1. The molecule has 21 heavy (non-hydrogen) atoms. The second kappa shape index (κ2) is 6.45. The summed E-state index contributed by atoms with van der Waals surface area (Å²) in [6, 6.07) is 5.26. The zero-order chi connectivity index (χ0) is 15.4. The highest BCUT2D eigenvalue weighted by Gasteiger charge is 2.22. The normalized spacial score (nSPS) is 10.2. The third-order valence-corrected chi connectivity index (χ3v) is 3.63. The van der Waals surface area contributed by atoms with Gasteiger partial charge in [-0.3, -0.25) is 0 Å². The second-order valence-electron chi connectivity index (χ2n) is 4.02. The van der Waals surface area contributed by atoms with Crippen LogP contribution in [0.5, 0.6) is 11.5 Å². The molecule has 2 aromatic rings. The molecule has 7 heteroatoms. The molecule has 0 saturated carbocycles. The van der Waals surface area contributed by atoms with Gasteiger partial charge in [-0.05, 0) is 25.1 Å². The molecule has 0 spiro atoms. The number of anilines is 1. The number of rotatable bonds is 5. The summed E-state index contributed by atoms with van der Waals surface area (Å²) in [5, 5.41) is 0.290. The van der Waals surface area contributed by atoms with Crippen LogP contribution in [0, 0.1) is 0 Å². The van der Waals surface area contributed by atoms with Crippen molar-refractivity contribution in [3.05, 3.63) is 23.1 Å². The highest BCUT2D eigenvalue weighted by molar-refractivity contribution is 7.17. The van der Waals surface area contributed by atoms with E-state index in [4.69, 9.17) is 19.9 Å². The Hall–Kier alpha value is -2.28. The lowest BCUT2D eigenvalue weighted by atomic mass is 10.1. The third kappa shape index (κ3) is 3.08. The average Bonchev–Trinajstić information content (AvgIpc) is 2.88. The Morgan fingerprint density at radius 2 is 2.10 bits per heavy atom. The Labute approximate surface area is 126 Å². The summed E-state index contributed by atoms with van der Waals surface area (Å²) >= 11 is 1.09. The van der Waals surface area contributed by atoms with Gasteiger partial charge in [0, 0.05) is 5.56 Å². The predicted octanol–water partition coefficient (Wildman–Crippen LogP) is 2.59. The lowest BCUT2D eigenvalue weighted by Gasteiger charge is -2.10. The van der Waals surface area contributed by atoms with E-state index in [9.17, 15) is 4.79 Å². The van der Waals surface area contributed by atoms with Crippen LogP contribution in [0.2, 0.25) is 0 Å². The zero-order valence-corrected chi connectivity index (χ0v) is 12.8. The minimum atomic E-state index is -0.452. The molecule has 2 rings (SSSR count). The number of nitrogens with two attached hydrogens (primary N) is 1. The van der Waals surface area contributed by atoms with Crippen molar-refractivity contribution in [1.82, 2.24) is 4.98 Å². The van der Waals surface area contributed by atoms with E-state index in [1.807, 2.05) is 0 Å². The van der Waals surface area contributed by atoms with Crippen molar-refractivity contribution in [2.45, 2.75) is 6.92 Å². The molecule has 0 aliphatic carbocycles. The van der Waals surface area contributed by atoms with E-state index in [0.29, 0.717) is 27.6 Å². The second-order valence-corrected chi connectivity index (χ2v) is 5.05. The summed E-state index contributed by atoms with van der Waals surface area (Å²) in [4.78, 5) is 16.6. The van der Waals surface area contributed by atoms with Crippen LogP contribution in [0.1, 0.15) is 16.6 Å². The molecular weight excluding hydrogens is 292 g/mol. The van der Waals surface area contributed by atoms with Gasteiger partial charge < -0.3 is 19.9 Å². The topological polar surface area (TPSA) is 83.7 Å². The summed E-state index contributed by atoms with van der Waals surface area (Å²) in [7, 11) is 3.11. The highest BCUT2D eigenvalue weighted by atomic mass is 32.1. The van der Waals surface area contributed by atoms with Crippen LogP contribution in [0.25, 0.3) is 11.3 Å². The van der Waals surface area contributed by atoms with Crippen molar-refractivity contribution in [2.75, 3.05) is 26.6 Å². The Balaban J connectivity index is 2.58. The van der Waals surface area contributed by atoms with Crippen LogP contribution in [-0.2, 0) is 4.74 Å². The first kappa shape index (κ1) is 15.1. The van der Waals surface area contributed by atoms with Gasteiger partial charge in [-0.15, -0.1) is 0 Å². The van der Waals surface area contributed by atoms with Crippen LogP contribution in [0.4, 0.5) is 5.13 Å². The minimum absolute atomic E-state index is 0.283. The molecule has 0 bridgehead atoms. The molecule has 0 radical (unpaired) electrons. The van der Waals surface area contributed by atoms with Gasteiger partial charge in [-0.2, -0.15) is 0 Å². The molecule has 2 N–H and O–H groups in total. The van der Waals surface area contributed by atoms with Crippen LogP contribution < -0.4 is 15.2 Å². The molecule has 0 aliphatic heterocycles. The van der Waals surface area contributed by atoms with E-state index in [2.05, 4.69) is 4.98 Å². The van der Waals surface area contributed by atoms with Crippen molar-refractivity contribution in [3.63, 3.8) is 0 Å².